The summed E-state index contributed by atoms with van der Waals surface area (Å²) in [5.41, 5.74) is 3.66. The predicted octanol–water partition coefficient (Wildman–Crippen LogP) is 7.00. The van der Waals surface area contributed by atoms with Crippen molar-refractivity contribution in [1.29, 1.82) is 0 Å². The van der Waals surface area contributed by atoms with Crippen LogP contribution in [0.15, 0.2) is 66.0 Å². The highest BCUT2D eigenvalue weighted by molar-refractivity contribution is 7.20. The Balaban J connectivity index is 1.36. The molecule has 182 valence electrons. The molecule has 1 amide bonds. The highest BCUT2D eigenvalue weighted by Crippen LogP contribution is 2.34. The van der Waals surface area contributed by atoms with Crippen LogP contribution in [-0.2, 0) is 4.74 Å². The van der Waals surface area contributed by atoms with E-state index in [1.165, 1.54) is 22.7 Å². The molecule has 6 nitrogen and oxygen atoms in total. The van der Waals surface area contributed by atoms with Crippen LogP contribution < -0.4 is 4.90 Å². The van der Waals surface area contributed by atoms with Crippen molar-refractivity contribution in [1.82, 2.24) is 14.8 Å². The van der Waals surface area contributed by atoms with E-state index in [1.807, 2.05) is 77.6 Å². The second-order valence-electron chi connectivity index (χ2n) is 8.74. The Morgan fingerprint density at radius 2 is 2.00 bits per heavy atom. The van der Waals surface area contributed by atoms with Crippen LogP contribution in [0.5, 0.6) is 0 Å². The summed E-state index contributed by atoms with van der Waals surface area (Å²) in [5, 5.41) is 9.03. The van der Waals surface area contributed by atoms with Gasteiger partial charge in [0.25, 0.3) is 5.91 Å². The van der Waals surface area contributed by atoms with E-state index in [9.17, 15) is 4.79 Å². The zero-order valence-corrected chi connectivity index (χ0v) is 21.9. The first kappa shape index (κ1) is 23.4. The van der Waals surface area contributed by atoms with E-state index in [0.717, 1.165) is 52.3 Å². The molecule has 1 atom stereocenters. The molecular weight excluding hydrogens is 512 g/mol. The van der Waals surface area contributed by atoms with Crippen molar-refractivity contribution < 1.29 is 9.53 Å². The fraction of sp³-hybridized carbons (Fsp3) is 0.222. The Kier molecular flexibility index (Phi) is 6.35. The molecule has 5 aromatic rings. The average Bonchev–Trinajstić information content (AvgIpc) is 3.69. The Labute approximate surface area is 221 Å². The third-order valence-electron chi connectivity index (χ3n) is 6.27. The minimum absolute atomic E-state index is 0.00718. The van der Waals surface area contributed by atoms with Gasteiger partial charge in [0.1, 0.15) is 4.83 Å². The molecule has 0 unspecified atom stereocenters. The topological polar surface area (TPSA) is 60.2 Å². The lowest BCUT2D eigenvalue weighted by atomic mass is 10.2. The normalized spacial score (nSPS) is 15.6. The zero-order chi connectivity index (χ0) is 24.6. The molecule has 0 radical (unpaired) electrons. The number of thiazole rings is 1. The van der Waals surface area contributed by atoms with Crippen LogP contribution in [0.25, 0.3) is 27.2 Å². The standard InChI is InChI=1S/C27H23ClN4O2S2/c1-17-22-14-24(36-26(22)32(30-17)20-6-3-2-4-7-20)25(33)31(15-21-8-5-13-34-21)27-29-23(16-35-27)18-9-11-19(28)12-10-18/h2-4,6-7,9-12,14,16,21H,5,8,13,15H2,1H3/t21-/m1/s1. The first-order valence-corrected chi connectivity index (χ1v) is 13.8. The summed E-state index contributed by atoms with van der Waals surface area (Å²) in [5.74, 6) is -0.0669. The van der Waals surface area contributed by atoms with Gasteiger partial charge in [-0.25, -0.2) is 9.67 Å². The maximum absolute atomic E-state index is 14.0. The third kappa shape index (κ3) is 4.46. The summed E-state index contributed by atoms with van der Waals surface area (Å²) < 4.78 is 7.81. The van der Waals surface area contributed by atoms with Crippen LogP contribution >= 0.6 is 34.3 Å². The van der Waals surface area contributed by atoms with Crippen LogP contribution in [0, 0.1) is 6.92 Å². The van der Waals surface area contributed by atoms with Gasteiger partial charge in [0, 0.05) is 28.0 Å². The first-order chi connectivity index (χ1) is 17.6. The van der Waals surface area contributed by atoms with Crippen LogP contribution in [0.2, 0.25) is 5.02 Å². The Morgan fingerprint density at radius 3 is 2.75 bits per heavy atom. The van der Waals surface area contributed by atoms with E-state index >= 15 is 0 Å². The number of nitrogens with zero attached hydrogens (tertiary/aromatic N) is 4. The van der Waals surface area contributed by atoms with Crippen molar-refractivity contribution in [3.05, 3.63) is 81.6 Å². The van der Waals surface area contributed by atoms with Gasteiger partial charge in [-0.15, -0.1) is 22.7 Å². The summed E-state index contributed by atoms with van der Waals surface area (Å²) in [6, 6.07) is 19.5. The molecular formula is C27H23ClN4O2S2. The maximum Gasteiger partial charge on any atom is 0.270 e. The molecule has 0 N–H and O–H groups in total. The number of aromatic nitrogens is 3. The molecule has 1 saturated heterocycles. The van der Waals surface area contributed by atoms with Crippen LogP contribution in [0.1, 0.15) is 28.2 Å². The van der Waals surface area contributed by atoms with E-state index in [2.05, 4.69) is 0 Å². The van der Waals surface area contributed by atoms with Gasteiger partial charge < -0.3 is 4.74 Å². The predicted molar refractivity (Wildman–Crippen MR) is 147 cm³/mol. The van der Waals surface area contributed by atoms with E-state index in [4.69, 9.17) is 26.4 Å². The number of aryl methyl sites for hydroxylation is 1. The number of ether oxygens (including phenoxy) is 1. The van der Waals surface area contributed by atoms with Gasteiger partial charge in [-0.2, -0.15) is 5.10 Å². The number of para-hydroxylation sites is 1. The number of fused-ring (bicyclic) bond motifs is 1. The van der Waals surface area contributed by atoms with Crippen LogP contribution in [0.3, 0.4) is 0 Å². The van der Waals surface area contributed by atoms with Gasteiger partial charge in [0.15, 0.2) is 5.13 Å². The molecule has 2 aromatic carbocycles. The molecule has 4 heterocycles. The first-order valence-electron chi connectivity index (χ1n) is 11.8. The average molecular weight is 535 g/mol. The Bertz CT molecular complexity index is 1520. The fourth-order valence-electron chi connectivity index (χ4n) is 4.41. The highest BCUT2D eigenvalue weighted by atomic mass is 35.5. The minimum Gasteiger partial charge on any atom is -0.376 e. The van der Waals surface area contributed by atoms with Crippen molar-refractivity contribution >= 4 is 55.5 Å². The van der Waals surface area contributed by atoms with E-state index in [-0.39, 0.29) is 12.0 Å². The number of halogens is 1. The van der Waals surface area contributed by atoms with Gasteiger partial charge in [-0.3, -0.25) is 9.69 Å². The number of thiophene rings is 1. The molecule has 3 aromatic heterocycles. The van der Waals surface area contributed by atoms with Gasteiger partial charge in [-0.05, 0) is 50.1 Å². The molecule has 0 aliphatic carbocycles. The van der Waals surface area contributed by atoms with Crippen molar-refractivity contribution in [2.45, 2.75) is 25.9 Å². The fourth-order valence-corrected chi connectivity index (χ4v) is 6.51. The summed E-state index contributed by atoms with van der Waals surface area (Å²) in [6.07, 6.45) is 1.95. The zero-order valence-electron chi connectivity index (χ0n) is 19.6. The molecule has 6 rings (SSSR count). The second-order valence-corrected chi connectivity index (χ2v) is 11.0. The molecule has 1 fully saturated rings. The van der Waals surface area contributed by atoms with Crippen molar-refractivity contribution in [3.8, 4) is 16.9 Å². The van der Waals surface area contributed by atoms with E-state index in [0.29, 0.717) is 21.6 Å². The summed E-state index contributed by atoms with van der Waals surface area (Å²) in [7, 11) is 0. The number of amides is 1. The molecule has 0 saturated carbocycles. The Hall–Kier alpha value is -3.04. The molecule has 36 heavy (non-hydrogen) atoms. The SMILES string of the molecule is Cc1nn(-c2ccccc2)c2sc(C(=O)N(C[C@H]3CCCO3)c3nc(-c4ccc(Cl)cc4)cs3)cc12. The number of anilines is 1. The molecule has 0 bridgehead atoms. The van der Waals surface area contributed by atoms with Gasteiger partial charge in [0.2, 0.25) is 0 Å². The molecule has 0 spiro atoms. The number of benzene rings is 2. The summed E-state index contributed by atoms with van der Waals surface area (Å²) in [6.45, 7) is 3.19. The highest BCUT2D eigenvalue weighted by Gasteiger charge is 2.29. The lowest BCUT2D eigenvalue weighted by Crippen LogP contribution is -2.37. The molecule has 1 aliphatic rings. The van der Waals surface area contributed by atoms with Gasteiger partial charge >= 0.3 is 0 Å². The van der Waals surface area contributed by atoms with Crippen molar-refractivity contribution in [3.63, 3.8) is 0 Å². The number of carbonyl (C=O) groups excluding carboxylic acids is 1. The number of rotatable bonds is 6. The molecule has 9 heteroatoms. The van der Waals surface area contributed by atoms with E-state index < -0.39 is 0 Å². The van der Waals surface area contributed by atoms with E-state index in [1.54, 1.807) is 4.90 Å². The molecule has 1 aliphatic heterocycles. The lowest BCUT2D eigenvalue weighted by Gasteiger charge is -2.22. The van der Waals surface area contributed by atoms with Crippen molar-refractivity contribution in [2.75, 3.05) is 18.1 Å². The maximum atomic E-state index is 14.0. The van der Waals surface area contributed by atoms with Gasteiger partial charge in [-0.1, -0.05) is 41.9 Å². The van der Waals surface area contributed by atoms with Crippen LogP contribution in [0.4, 0.5) is 5.13 Å². The number of hydrogen-bond acceptors (Lipinski definition) is 6. The third-order valence-corrected chi connectivity index (χ3v) is 8.49. The quantitative estimate of drug-likeness (QED) is 0.235. The lowest BCUT2D eigenvalue weighted by molar-refractivity contribution is 0.0920. The largest absolute Gasteiger partial charge is 0.376 e. The monoisotopic (exact) mass is 534 g/mol. The summed E-state index contributed by atoms with van der Waals surface area (Å²) >= 11 is 8.99. The Morgan fingerprint density at radius 1 is 1.19 bits per heavy atom. The smallest absolute Gasteiger partial charge is 0.270 e. The number of hydrogen-bond donors (Lipinski definition) is 0. The minimum atomic E-state index is -0.0669. The van der Waals surface area contributed by atoms with Crippen molar-refractivity contribution in [2.24, 2.45) is 0 Å². The number of carbonyl (C=O) groups is 1. The second kappa shape index (κ2) is 9.78. The summed E-state index contributed by atoms with van der Waals surface area (Å²) in [4.78, 5) is 22.2. The van der Waals surface area contributed by atoms with Gasteiger partial charge in [0.05, 0.1) is 34.6 Å². The van der Waals surface area contributed by atoms with Crippen LogP contribution in [-0.4, -0.2) is 39.9 Å².